The fraction of sp³-hybridized carbons (Fsp3) is 0.333. The lowest BCUT2D eigenvalue weighted by Crippen LogP contribution is -1.92. The van der Waals surface area contributed by atoms with Gasteiger partial charge in [0, 0.05) is 22.9 Å². The molecule has 0 nitrogen and oxygen atoms in total. The molecule has 0 bridgehead atoms. The Labute approximate surface area is 85.3 Å². The van der Waals surface area contributed by atoms with Crippen molar-refractivity contribution in [1.82, 2.24) is 0 Å². The lowest BCUT2D eigenvalue weighted by Gasteiger charge is -2.02. The highest BCUT2D eigenvalue weighted by Crippen LogP contribution is 2.17. The molecule has 0 unspecified atom stereocenters. The van der Waals surface area contributed by atoms with Crippen molar-refractivity contribution in [3.8, 4) is 0 Å². The summed E-state index contributed by atoms with van der Waals surface area (Å²) in [6, 6.07) is 4.21. The molecule has 0 aliphatic heterocycles. The number of alkyl halides is 1. The van der Waals surface area contributed by atoms with E-state index in [-0.39, 0.29) is 0 Å². The van der Waals surface area contributed by atoms with Crippen LogP contribution < -0.4 is 0 Å². The second kappa shape index (κ2) is 5.45. The Morgan fingerprint density at radius 1 is 1.31 bits per heavy atom. The first-order valence-corrected chi connectivity index (χ1v) is 5.51. The molecule has 72 valence electrons. The van der Waals surface area contributed by atoms with Gasteiger partial charge in [-0.3, -0.25) is 0 Å². The predicted octanol–water partition coefficient (Wildman–Crippen LogP) is 3.44. The summed E-state index contributed by atoms with van der Waals surface area (Å²) < 4.78 is 25.7. The lowest BCUT2D eigenvalue weighted by atomic mass is 10.2. The van der Waals surface area contributed by atoms with E-state index in [1.165, 1.54) is 17.8 Å². The first-order valence-electron chi connectivity index (χ1n) is 3.82. The molecule has 0 N–H and O–H groups in total. The van der Waals surface area contributed by atoms with Gasteiger partial charge in [0.2, 0.25) is 0 Å². The van der Waals surface area contributed by atoms with Gasteiger partial charge < -0.3 is 0 Å². The minimum absolute atomic E-state index is 0.398. The van der Waals surface area contributed by atoms with Gasteiger partial charge in [0.15, 0.2) is 11.6 Å². The van der Waals surface area contributed by atoms with Crippen LogP contribution in [0.4, 0.5) is 8.78 Å². The van der Waals surface area contributed by atoms with Gasteiger partial charge in [-0.1, -0.05) is 12.1 Å². The third kappa shape index (κ3) is 3.16. The van der Waals surface area contributed by atoms with Gasteiger partial charge in [-0.15, -0.1) is 11.6 Å². The van der Waals surface area contributed by atoms with E-state index in [9.17, 15) is 8.78 Å². The van der Waals surface area contributed by atoms with Gasteiger partial charge in [0.05, 0.1) is 0 Å². The van der Waals surface area contributed by atoms with Gasteiger partial charge in [-0.25, -0.2) is 8.78 Å². The molecule has 0 fully saturated rings. The Balaban J connectivity index is 2.61. The molecule has 0 amide bonds. The highest BCUT2D eigenvalue weighted by molar-refractivity contribution is 7.98. The molecular weight excluding hydrogens is 214 g/mol. The van der Waals surface area contributed by atoms with Crippen LogP contribution in [-0.2, 0) is 5.75 Å². The van der Waals surface area contributed by atoms with Gasteiger partial charge in [-0.2, -0.15) is 11.8 Å². The Kier molecular flexibility index (Phi) is 4.53. The third-order valence-electron chi connectivity index (χ3n) is 1.51. The topological polar surface area (TPSA) is 0 Å². The Hall–Kier alpha value is -0.280. The molecule has 0 aliphatic rings. The highest BCUT2D eigenvalue weighted by atomic mass is 35.5. The van der Waals surface area contributed by atoms with Crippen LogP contribution in [0.3, 0.4) is 0 Å². The summed E-state index contributed by atoms with van der Waals surface area (Å²) in [6.45, 7) is 0. The number of benzene rings is 1. The van der Waals surface area contributed by atoms with Gasteiger partial charge in [-0.05, 0) is 6.07 Å². The molecule has 0 radical (unpaired) electrons. The number of hydrogen-bond donors (Lipinski definition) is 0. The van der Waals surface area contributed by atoms with Crippen molar-refractivity contribution >= 4 is 23.4 Å². The molecule has 0 saturated heterocycles. The van der Waals surface area contributed by atoms with E-state index in [2.05, 4.69) is 0 Å². The summed E-state index contributed by atoms with van der Waals surface area (Å²) in [5, 5.41) is 0. The summed E-state index contributed by atoms with van der Waals surface area (Å²) in [7, 11) is 0. The summed E-state index contributed by atoms with van der Waals surface area (Å²) in [6.07, 6.45) is 0. The standard InChI is InChI=1S/C9H9ClF2S/c10-4-5-13-6-7-2-1-3-8(11)9(7)12/h1-3H,4-6H2. The van der Waals surface area contributed by atoms with Gasteiger partial charge >= 0.3 is 0 Å². The van der Waals surface area contributed by atoms with Crippen LogP contribution in [0.5, 0.6) is 0 Å². The number of hydrogen-bond acceptors (Lipinski definition) is 1. The maximum absolute atomic E-state index is 13.0. The van der Waals surface area contributed by atoms with Crippen LogP contribution in [0.1, 0.15) is 5.56 Å². The third-order valence-corrected chi connectivity index (χ3v) is 2.93. The molecule has 0 atom stereocenters. The minimum Gasteiger partial charge on any atom is -0.204 e. The summed E-state index contributed by atoms with van der Waals surface area (Å²) in [4.78, 5) is 0. The smallest absolute Gasteiger partial charge is 0.162 e. The molecule has 0 aliphatic carbocycles. The predicted molar refractivity (Wildman–Crippen MR) is 53.2 cm³/mol. The quantitative estimate of drug-likeness (QED) is 0.556. The molecule has 0 saturated carbocycles. The Bertz CT molecular complexity index is 278. The van der Waals surface area contributed by atoms with E-state index in [4.69, 9.17) is 11.6 Å². The Morgan fingerprint density at radius 2 is 2.08 bits per heavy atom. The van der Waals surface area contributed by atoms with E-state index >= 15 is 0 Å². The molecule has 0 spiro atoms. The van der Waals surface area contributed by atoms with Crippen molar-refractivity contribution in [2.75, 3.05) is 11.6 Å². The van der Waals surface area contributed by atoms with E-state index in [1.54, 1.807) is 6.07 Å². The summed E-state index contributed by atoms with van der Waals surface area (Å²) in [5.74, 6) is 0.212. The number of rotatable bonds is 4. The zero-order valence-corrected chi connectivity index (χ0v) is 8.47. The van der Waals surface area contributed by atoms with Crippen molar-refractivity contribution in [2.45, 2.75) is 5.75 Å². The first kappa shape index (κ1) is 10.8. The molecule has 13 heavy (non-hydrogen) atoms. The van der Waals surface area contributed by atoms with Crippen molar-refractivity contribution in [2.24, 2.45) is 0 Å². The highest BCUT2D eigenvalue weighted by Gasteiger charge is 2.06. The largest absolute Gasteiger partial charge is 0.204 e. The van der Waals surface area contributed by atoms with Crippen molar-refractivity contribution < 1.29 is 8.78 Å². The van der Waals surface area contributed by atoms with Crippen molar-refractivity contribution in [1.29, 1.82) is 0 Å². The van der Waals surface area contributed by atoms with Crippen molar-refractivity contribution in [3.05, 3.63) is 35.4 Å². The van der Waals surface area contributed by atoms with Gasteiger partial charge in [0.1, 0.15) is 0 Å². The Morgan fingerprint density at radius 3 is 2.77 bits per heavy atom. The van der Waals surface area contributed by atoms with E-state index in [1.807, 2.05) is 0 Å². The van der Waals surface area contributed by atoms with Crippen LogP contribution in [0, 0.1) is 11.6 Å². The van der Waals surface area contributed by atoms with Crippen LogP contribution in [0.2, 0.25) is 0 Å². The molecule has 1 aromatic rings. The van der Waals surface area contributed by atoms with Crippen LogP contribution in [0.15, 0.2) is 18.2 Å². The normalized spacial score (nSPS) is 10.4. The molecule has 0 heterocycles. The van der Waals surface area contributed by atoms with Crippen LogP contribution >= 0.6 is 23.4 Å². The summed E-state index contributed by atoms with van der Waals surface area (Å²) in [5.41, 5.74) is 0.398. The maximum Gasteiger partial charge on any atom is 0.162 e. The lowest BCUT2D eigenvalue weighted by molar-refractivity contribution is 0.502. The van der Waals surface area contributed by atoms with Gasteiger partial charge in [0.25, 0.3) is 0 Å². The maximum atomic E-state index is 13.0. The molecule has 4 heteroatoms. The number of halogens is 3. The second-order valence-corrected chi connectivity index (χ2v) is 3.94. The molecule has 0 aromatic heterocycles. The fourth-order valence-electron chi connectivity index (χ4n) is 0.897. The minimum atomic E-state index is -0.788. The zero-order valence-electron chi connectivity index (χ0n) is 6.90. The van der Waals surface area contributed by atoms with E-state index in [0.717, 1.165) is 11.8 Å². The molecule has 1 rings (SSSR count). The second-order valence-electron chi connectivity index (χ2n) is 2.45. The van der Waals surface area contributed by atoms with E-state index in [0.29, 0.717) is 17.2 Å². The van der Waals surface area contributed by atoms with Crippen LogP contribution in [0.25, 0.3) is 0 Å². The number of thioether (sulfide) groups is 1. The fourth-order valence-corrected chi connectivity index (χ4v) is 1.92. The average Bonchev–Trinajstić information content (AvgIpc) is 2.13. The van der Waals surface area contributed by atoms with Crippen LogP contribution in [-0.4, -0.2) is 11.6 Å². The molecule has 1 aromatic carbocycles. The SMILES string of the molecule is Fc1cccc(CSCCCl)c1F. The zero-order chi connectivity index (χ0) is 9.68. The first-order chi connectivity index (χ1) is 6.25. The van der Waals surface area contributed by atoms with E-state index < -0.39 is 11.6 Å². The molecular formula is C9H9ClF2S. The van der Waals surface area contributed by atoms with Crippen molar-refractivity contribution in [3.63, 3.8) is 0 Å². The summed E-state index contributed by atoms with van der Waals surface area (Å²) >= 11 is 6.94. The average molecular weight is 223 g/mol. The monoisotopic (exact) mass is 222 g/mol.